The first kappa shape index (κ1) is 11.9. The van der Waals surface area contributed by atoms with Crippen molar-refractivity contribution in [2.24, 2.45) is 5.73 Å². The minimum Gasteiger partial charge on any atom is -0.376 e. The van der Waals surface area contributed by atoms with Gasteiger partial charge in [-0.3, -0.25) is 0 Å². The van der Waals surface area contributed by atoms with E-state index in [4.69, 9.17) is 18.0 Å². The minimum atomic E-state index is -0.179. The van der Waals surface area contributed by atoms with E-state index >= 15 is 0 Å². The van der Waals surface area contributed by atoms with Gasteiger partial charge in [0.2, 0.25) is 0 Å². The van der Waals surface area contributed by atoms with Crippen molar-refractivity contribution in [3.63, 3.8) is 0 Å². The molecule has 1 atom stereocenters. The molecule has 2 nitrogen and oxygen atoms in total. The molecule has 1 aromatic carbocycles. The molecule has 3 heteroatoms. The highest BCUT2D eigenvalue weighted by atomic mass is 32.1. The largest absolute Gasteiger partial charge is 0.376 e. The lowest BCUT2D eigenvalue weighted by molar-refractivity contribution is 0.472. The molecule has 1 aromatic rings. The molecule has 1 aliphatic carbocycles. The Bertz CT molecular complexity index is 451. The third-order valence-corrected chi connectivity index (χ3v) is 2.98. The van der Waals surface area contributed by atoms with Crippen molar-refractivity contribution in [1.82, 2.24) is 5.32 Å². The van der Waals surface area contributed by atoms with Crippen molar-refractivity contribution >= 4 is 17.3 Å². The highest BCUT2D eigenvalue weighted by molar-refractivity contribution is 7.80. The molecule has 0 spiro atoms. The molecule has 2 rings (SSSR count). The molecule has 0 aromatic heterocycles. The van der Waals surface area contributed by atoms with Gasteiger partial charge in [-0.05, 0) is 30.6 Å². The molecule has 0 saturated carbocycles. The lowest BCUT2D eigenvalue weighted by Gasteiger charge is -2.33. The first-order chi connectivity index (χ1) is 8.20. The van der Waals surface area contributed by atoms with E-state index in [1.54, 1.807) is 0 Å². The summed E-state index contributed by atoms with van der Waals surface area (Å²) in [4.78, 5) is 0. The normalized spacial score (nSPS) is 22.4. The fraction of sp³-hybridized carbons (Fsp3) is 0.214. The molecule has 0 fully saturated rings. The van der Waals surface area contributed by atoms with Gasteiger partial charge in [-0.1, -0.05) is 54.6 Å². The second-order valence-corrected chi connectivity index (χ2v) is 4.74. The van der Waals surface area contributed by atoms with Crippen LogP contribution >= 0.6 is 12.2 Å². The fourth-order valence-electron chi connectivity index (χ4n) is 2.14. The Labute approximate surface area is 107 Å². The average Bonchev–Trinajstić information content (AvgIpc) is 2.30. The Morgan fingerprint density at radius 2 is 2.06 bits per heavy atom. The van der Waals surface area contributed by atoms with Crippen molar-refractivity contribution in [2.75, 3.05) is 0 Å². The lowest BCUT2D eigenvalue weighted by atomic mass is 9.85. The van der Waals surface area contributed by atoms with Gasteiger partial charge in [0, 0.05) is 0 Å². The summed E-state index contributed by atoms with van der Waals surface area (Å²) >= 11 is 4.97. The highest BCUT2D eigenvalue weighted by Crippen LogP contribution is 2.22. The summed E-state index contributed by atoms with van der Waals surface area (Å²) in [6.45, 7) is 0. The van der Waals surface area contributed by atoms with Gasteiger partial charge in [-0.2, -0.15) is 0 Å². The van der Waals surface area contributed by atoms with Gasteiger partial charge in [0.25, 0.3) is 0 Å². The molecule has 0 heterocycles. The van der Waals surface area contributed by atoms with Crippen LogP contribution in [0.25, 0.3) is 0 Å². The number of rotatable bonds is 3. The molecule has 0 amide bonds. The van der Waals surface area contributed by atoms with Gasteiger partial charge in [-0.15, -0.1) is 0 Å². The summed E-state index contributed by atoms with van der Waals surface area (Å²) in [7, 11) is 0. The Balaban J connectivity index is 2.19. The van der Waals surface area contributed by atoms with Crippen LogP contribution < -0.4 is 11.1 Å². The number of thiocarbonyl (C=S) groups is 1. The zero-order valence-electron chi connectivity index (χ0n) is 9.60. The molecule has 0 aliphatic heterocycles. The average molecular weight is 244 g/mol. The molecular weight excluding hydrogens is 228 g/mol. The summed E-state index contributed by atoms with van der Waals surface area (Å²) in [5.74, 6) is 0. The summed E-state index contributed by atoms with van der Waals surface area (Å²) in [5.41, 5.74) is 6.72. The first-order valence-corrected chi connectivity index (χ1v) is 6.07. The number of hydrogen-bond donors (Lipinski definition) is 2. The van der Waals surface area contributed by atoms with E-state index in [9.17, 15) is 0 Å². The highest BCUT2D eigenvalue weighted by Gasteiger charge is 2.27. The molecule has 1 aliphatic rings. The predicted molar refractivity (Wildman–Crippen MR) is 75.7 cm³/mol. The SMILES string of the molecule is NC(=S)NC1(Cc2ccccc2)C=CC=CC1. The van der Waals surface area contributed by atoms with Crippen molar-refractivity contribution < 1.29 is 0 Å². The number of benzene rings is 1. The number of nitrogens with one attached hydrogen (secondary N) is 1. The lowest BCUT2D eigenvalue weighted by Crippen LogP contribution is -2.50. The summed E-state index contributed by atoms with van der Waals surface area (Å²) < 4.78 is 0. The van der Waals surface area contributed by atoms with E-state index in [1.165, 1.54) is 5.56 Å². The van der Waals surface area contributed by atoms with Crippen LogP contribution in [0.3, 0.4) is 0 Å². The summed E-state index contributed by atoms with van der Waals surface area (Å²) in [5, 5.41) is 3.56. The molecule has 0 saturated heterocycles. The number of nitrogens with two attached hydrogens (primary N) is 1. The van der Waals surface area contributed by atoms with E-state index in [0.29, 0.717) is 5.11 Å². The Morgan fingerprint density at radius 3 is 2.65 bits per heavy atom. The molecule has 3 N–H and O–H groups in total. The summed E-state index contributed by atoms with van der Waals surface area (Å²) in [6, 6.07) is 10.4. The Morgan fingerprint density at radius 1 is 1.29 bits per heavy atom. The van der Waals surface area contributed by atoms with Crippen LogP contribution in [0.4, 0.5) is 0 Å². The van der Waals surface area contributed by atoms with Crippen molar-refractivity contribution in [2.45, 2.75) is 18.4 Å². The van der Waals surface area contributed by atoms with Crippen molar-refractivity contribution in [1.29, 1.82) is 0 Å². The third kappa shape index (κ3) is 3.17. The van der Waals surface area contributed by atoms with E-state index in [2.05, 4.69) is 29.6 Å². The molecule has 0 bridgehead atoms. The van der Waals surface area contributed by atoms with E-state index in [1.807, 2.05) is 30.4 Å². The second kappa shape index (κ2) is 5.15. The van der Waals surface area contributed by atoms with Gasteiger partial charge in [-0.25, -0.2) is 0 Å². The standard InChI is InChI=1S/C14H16N2S/c15-13(17)16-14(9-5-2-6-10-14)11-12-7-3-1-4-8-12/h1-9H,10-11H2,(H3,15,16,17). The number of allylic oxidation sites excluding steroid dienone is 2. The molecule has 1 unspecified atom stereocenters. The van der Waals surface area contributed by atoms with Crippen LogP contribution in [0.1, 0.15) is 12.0 Å². The molecule has 17 heavy (non-hydrogen) atoms. The number of hydrogen-bond acceptors (Lipinski definition) is 1. The summed E-state index contributed by atoms with van der Waals surface area (Å²) in [6.07, 6.45) is 10.1. The topological polar surface area (TPSA) is 38.0 Å². The van der Waals surface area contributed by atoms with Gasteiger partial charge in [0.15, 0.2) is 5.11 Å². The molecule has 0 radical (unpaired) electrons. The van der Waals surface area contributed by atoms with Crippen LogP contribution in [-0.4, -0.2) is 10.7 Å². The zero-order chi connectivity index (χ0) is 12.1. The molecule has 88 valence electrons. The van der Waals surface area contributed by atoms with Crippen molar-refractivity contribution in [3.8, 4) is 0 Å². The fourth-order valence-corrected chi connectivity index (χ4v) is 2.34. The Hall–Kier alpha value is -1.61. The van der Waals surface area contributed by atoms with E-state index < -0.39 is 0 Å². The van der Waals surface area contributed by atoms with Crippen LogP contribution in [0.2, 0.25) is 0 Å². The third-order valence-electron chi connectivity index (χ3n) is 2.88. The molecular formula is C14H16N2S. The zero-order valence-corrected chi connectivity index (χ0v) is 10.4. The first-order valence-electron chi connectivity index (χ1n) is 5.66. The minimum absolute atomic E-state index is 0.179. The van der Waals surface area contributed by atoms with Gasteiger partial charge >= 0.3 is 0 Å². The maximum absolute atomic E-state index is 5.62. The van der Waals surface area contributed by atoms with Crippen LogP contribution in [0.5, 0.6) is 0 Å². The van der Waals surface area contributed by atoms with Crippen LogP contribution in [-0.2, 0) is 6.42 Å². The smallest absolute Gasteiger partial charge is 0.164 e. The van der Waals surface area contributed by atoms with Crippen LogP contribution in [0.15, 0.2) is 54.6 Å². The maximum atomic E-state index is 5.62. The Kier molecular flexibility index (Phi) is 3.59. The van der Waals surface area contributed by atoms with E-state index in [0.717, 1.165) is 12.8 Å². The van der Waals surface area contributed by atoms with Crippen LogP contribution in [0, 0.1) is 0 Å². The second-order valence-electron chi connectivity index (χ2n) is 4.30. The van der Waals surface area contributed by atoms with Gasteiger partial charge < -0.3 is 11.1 Å². The van der Waals surface area contributed by atoms with Crippen molar-refractivity contribution in [3.05, 3.63) is 60.2 Å². The van der Waals surface area contributed by atoms with Gasteiger partial charge in [0.1, 0.15) is 0 Å². The van der Waals surface area contributed by atoms with Gasteiger partial charge in [0.05, 0.1) is 5.54 Å². The predicted octanol–water partition coefficient (Wildman–Crippen LogP) is 2.32. The van der Waals surface area contributed by atoms with E-state index in [-0.39, 0.29) is 5.54 Å². The quantitative estimate of drug-likeness (QED) is 0.801. The monoisotopic (exact) mass is 244 g/mol. The maximum Gasteiger partial charge on any atom is 0.164 e.